The number of para-hydroxylation sites is 1. The van der Waals surface area contributed by atoms with Gasteiger partial charge in [-0.1, -0.05) is 43.6 Å². The molecule has 1 amide bonds. The molecule has 22 heavy (non-hydrogen) atoms. The van der Waals surface area contributed by atoms with Gasteiger partial charge >= 0.3 is 0 Å². The Morgan fingerprint density at radius 2 is 1.86 bits per heavy atom. The summed E-state index contributed by atoms with van der Waals surface area (Å²) in [5.41, 5.74) is 1.90. The summed E-state index contributed by atoms with van der Waals surface area (Å²) in [6.07, 6.45) is 0.354. The molecule has 0 fully saturated rings. The van der Waals surface area contributed by atoms with Crippen molar-refractivity contribution in [2.24, 2.45) is 0 Å². The maximum absolute atomic E-state index is 12.0. The lowest BCUT2D eigenvalue weighted by molar-refractivity contribution is -0.116. The summed E-state index contributed by atoms with van der Waals surface area (Å²) in [4.78, 5) is 24.6. The number of nitrogens with one attached hydrogen (secondary N) is 1. The van der Waals surface area contributed by atoms with Crippen molar-refractivity contribution >= 4 is 40.3 Å². The minimum absolute atomic E-state index is 0.0517. The van der Waals surface area contributed by atoms with E-state index in [4.69, 9.17) is 11.6 Å². The van der Waals surface area contributed by atoms with Gasteiger partial charge in [-0.3, -0.25) is 9.59 Å². The van der Waals surface area contributed by atoms with Crippen molar-refractivity contribution in [3.8, 4) is 0 Å². The van der Waals surface area contributed by atoms with Crippen LogP contribution in [0.15, 0.2) is 36.4 Å². The molecule has 1 aromatic carbocycles. The summed E-state index contributed by atoms with van der Waals surface area (Å²) >= 11 is 7.05. The number of carbonyl (C=O) groups excluding carboxylic acids is 2. The van der Waals surface area contributed by atoms with Gasteiger partial charge in [0.15, 0.2) is 5.78 Å². The number of amides is 1. The van der Waals surface area contributed by atoms with Crippen LogP contribution in [-0.2, 0) is 4.79 Å². The molecule has 5 heteroatoms. The molecule has 0 radical (unpaired) electrons. The molecule has 0 bridgehead atoms. The Hall–Kier alpha value is -1.65. The molecule has 1 aromatic heterocycles. The van der Waals surface area contributed by atoms with Crippen LogP contribution in [0.1, 0.15) is 47.8 Å². The first-order valence-corrected chi connectivity index (χ1v) is 8.34. The number of rotatable bonds is 6. The highest BCUT2D eigenvalue weighted by Gasteiger charge is 2.13. The predicted molar refractivity (Wildman–Crippen MR) is 92.1 cm³/mol. The van der Waals surface area contributed by atoms with Gasteiger partial charge in [0, 0.05) is 18.5 Å². The van der Waals surface area contributed by atoms with Crippen LogP contribution in [0.5, 0.6) is 0 Å². The third-order valence-corrected chi connectivity index (χ3v) is 4.56. The SMILES string of the molecule is CC(C)c1ccccc1NC(=O)CCC(=O)c1ccc(Cl)s1. The molecule has 0 aliphatic carbocycles. The van der Waals surface area contributed by atoms with Crippen LogP contribution in [0.25, 0.3) is 0 Å². The van der Waals surface area contributed by atoms with Crippen LogP contribution in [0, 0.1) is 0 Å². The van der Waals surface area contributed by atoms with E-state index < -0.39 is 0 Å². The van der Waals surface area contributed by atoms with E-state index in [1.54, 1.807) is 12.1 Å². The molecule has 0 atom stereocenters. The quantitative estimate of drug-likeness (QED) is 0.744. The summed E-state index contributed by atoms with van der Waals surface area (Å²) in [6, 6.07) is 11.1. The molecule has 0 spiro atoms. The van der Waals surface area contributed by atoms with E-state index in [-0.39, 0.29) is 24.5 Å². The van der Waals surface area contributed by atoms with E-state index in [0.717, 1.165) is 11.3 Å². The monoisotopic (exact) mass is 335 g/mol. The third-order valence-electron chi connectivity index (χ3n) is 3.28. The van der Waals surface area contributed by atoms with Crippen LogP contribution < -0.4 is 5.32 Å². The van der Waals surface area contributed by atoms with Crippen molar-refractivity contribution < 1.29 is 9.59 Å². The van der Waals surface area contributed by atoms with Gasteiger partial charge < -0.3 is 5.32 Å². The highest BCUT2D eigenvalue weighted by molar-refractivity contribution is 7.18. The maximum atomic E-state index is 12.0. The van der Waals surface area contributed by atoms with Gasteiger partial charge in [-0.25, -0.2) is 0 Å². The number of anilines is 1. The third kappa shape index (κ3) is 4.42. The van der Waals surface area contributed by atoms with Crippen molar-refractivity contribution in [1.29, 1.82) is 0 Å². The van der Waals surface area contributed by atoms with Gasteiger partial charge in [-0.05, 0) is 29.7 Å². The van der Waals surface area contributed by atoms with Gasteiger partial charge in [0.25, 0.3) is 0 Å². The number of benzene rings is 1. The molecule has 2 rings (SSSR count). The first kappa shape index (κ1) is 16.7. The van der Waals surface area contributed by atoms with Crippen LogP contribution >= 0.6 is 22.9 Å². The van der Waals surface area contributed by atoms with Gasteiger partial charge in [-0.2, -0.15) is 0 Å². The van der Waals surface area contributed by atoms with Crippen molar-refractivity contribution in [2.45, 2.75) is 32.6 Å². The molecule has 116 valence electrons. The van der Waals surface area contributed by atoms with E-state index in [1.165, 1.54) is 11.3 Å². The van der Waals surface area contributed by atoms with E-state index >= 15 is 0 Å². The fraction of sp³-hybridized carbons (Fsp3) is 0.294. The highest BCUT2D eigenvalue weighted by Crippen LogP contribution is 2.25. The van der Waals surface area contributed by atoms with E-state index in [9.17, 15) is 9.59 Å². The molecule has 1 heterocycles. The van der Waals surface area contributed by atoms with Gasteiger partial charge in [-0.15, -0.1) is 11.3 Å². The largest absolute Gasteiger partial charge is 0.326 e. The first-order chi connectivity index (χ1) is 10.5. The topological polar surface area (TPSA) is 46.2 Å². The molecule has 0 saturated carbocycles. The Balaban J connectivity index is 1.92. The lowest BCUT2D eigenvalue weighted by Gasteiger charge is -2.13. The fourth-order valence-corrected chi connectivity index (χ4v) is 3.15. The second-order valence-corrected chi connectivity index (χ2v) is 7.03. The Labute approximate surface area is 139 Å². The number of thiophene rings is 1. The normalized spacial score (nSPS) is 10.7. The van der Waals surface area contributed by atoms with Crippen molar-refractivity contribution in [3.63, 3.8) is 0 Å². The smallest absolute Gasteiger partial charge is 0.224 e. The molecule has 0 unspecified atom stereocenters. The maximum Gasteiger partial charge on any atom is 0.224 e. The second kappa shape index (κ2) is 7.56. The van der Waals surface area contributed by atoms with Gasteiger partial charge in [0.05, 0.1) is 9.21 Å². The van der Waals surface area contributed by atoms with Crippen molar-refractivity contribution in [1.82, 2.24) is 0 Å². The van der Waals surface area contributed by atoms with Gasteiger partial charge in [0.1, 0.15) is 0 Å². The van der Waals surface area contributed by atoms with Crippen LogP contribution in [0.4, 0.5) is 5.69 Å². The van der Waals surface area contributed by atoms with Crippen LogP contribution in [-0.4, -0.2) is 11.7 Å². The molecule has 2 aromatic rings. The molecule has 0 saturated heterocycles. The van der Waals surface area contributed by atoms with Crippen LogP contribution in [0.2, 0.25) is 4.34 Å². The van der Waals surface area contributed by atoms with Gasteiger partial charge in [0.2, 0.25) is 5.91 Å². The number of carbonyl (C=O) groups is 2. The molecule has 1 N–H and O–H groups in total. The zero-order chi connectivity index (χ0) is 16.1. The number of hydrogen-bond donors (Lipinski definition) is 1. The second-order valence-electron chi connectivity index (χ2n) is 5.32. The Kier molecular flexibility index (Phi) is 5.75. The minimum atomic E-state index is -0.149. The van der Waals surface area contributed by atoms with E-state index in [2.05, 4.69) is 19.2 Å². The Morgan fingerprint density at radius 3 is 2.50 bits per heavy atom. The number of halogens is 1. The standard InChI is InChI=1S/C17H18ClNO2S/c1-11(2)12-5-3-4-6-13(12)19-17(21)10-7-14(20)15-8-9-16(18)22-15/h3-6,8-9,11H,7,10H2,1-2H3,(H,19,21). The van der Waals surface area contributed by atoms with E-state index in [0.29, 0.717) is 15.1 Å². The zero-order valence-electron chi connectivity index (χ0n) is 12.6. The number of ketones is 1. The Bertz CT molecular complexity index is 679. The van der Waals surface area contributed by atoms with E-state index in [1.807, 2.05) is 24.3 Å². The zero-order valence-corrected chi connectivity index (χ0v) is 14.1. The number of hydrogen-bond acceptors (Lipinski definition) is 3. The highest BCUT2D eigenvalue weighted by atomic mass is 35.5. The summed E-state index contributed by atoms with van der Waals surface area (Å²) < 4.78 is 0.582. The summed E-state index contributed by atoms with van der Waals surface area (Å²) in [5.74, 6) is 0.125. The Morgan fingerprint density at radius 1 is 1.14 bits per heavy atom. The summed E-state index contributed by atoms with van der Waals surface area (Å²) in [7, 11) is 0. The predicted octanol–water partition coefficient (Wildman–Crippen LogP) is 5.13. The lowest BCUT2D eigenvalue weighted by atomic mass is 10.0. The summed E-state index contributed by atoms with van der Waals surface area (Å²) in [6.45, 7) is 4.16. The molecular weight excluding hydrogens is 318 g/mol. The molecule has 0 aliphatic heterocycles. The number of Topliss-reactive ketones (excluding diaryl/α,β-unsaturated/α-hetero) is 1. The summed E-state index contributed by atoms with van der Waals surface area (Å²) in [5, 5.41) is 2.89. The fourth-order valence-electron chi connectivity index (χ4n) is 2.14. The average Bonchev–Trinajstić information content (AvgIpc) is 2.92. The molecular formula is C17H18ClNO2S. The van der Waals surface area contributed by atoms with Crippen molar-refractivity contribution in [3.05, 3.63) is 51.2 Å². The molecule has 3 nitrogen and oxygen atoms in total. The van der Waals surface area contributed by atoms with Crippen molar-refractivity contribution in [2.75, 3.05) is 5.32 Å². The lowest BCUT2D eigenvalue weighted by Crippen LogP contribution is -2.14. The average molecular weight is 336 g/mol. The van der Waals surface area contributed by atoms with Crippen LogP contribution in [0.3, 0.4) is 0 Å². The minimum Gasteiger partial charge on any atom is -0.326 e. The molecule has 0 aliphatic rings. The first-order valence-electron chi connectivity index (χ1n) is 7.14.